The number of fused-ring (bicyclic) bond motifs is 1. The molecule has 33 heavy (non-hydrogen) atoms. The van der Waals surface area contributed by atoms with Gasteiger partial charge in [-0.25, -0.2) is 0 Å². The van der Waals surface area contributed by atoms with E-state index in [0.29, 0.717) is 12.3 Å². The van der Waals surface area contributed by atoms with Crippen LogP contribution in [0.5, 0.6) is 0 Å². The van der Waals surface area contributed by atoms with Crippen LogP contribution in [0.4, 0.5) is 0 Å². The van der Waals surface area contributed by atoms with E-state index in [4.69, 9.17) is 0 Å². The largest absolute Gasteiger partial charge is 0.300 e. The molecule has 0 fully saturated rings. The Hall–Kier alpha value is -1.77. The Morgan fingerprint density at radius 1 is 1.12 bits per heavy atom. The lowest BCUT2D eigenvalue weighted by atomic mass is 9.69. The molecule has 1 aromatic carbocycles. The molecule has 1 aliphatic carbocycles. The monoisotopic (exact) mass is 454 g/mol. The number of hydrogen-bond donors (Lipinski definition) is 0. The molecule has 0 bridgehead atoms. The summed E-state index contributed by atoms with van der Waals surface area (Å²) in [6.07, 6.45) is 5.15. The first-order chi connectivity index (χ1) is 15.3. The molecule has 0 aromatic heterocycles. The molecule has 0 saturated heterocycles. The molecule has 0 radical (unpaired) electrons. The number of hydrogen-bond acceptors (Lipinski definition) is 3. The van der Waals surface area contributed by atoms with E-state index in [1.54, 1.807) is 0 Å². The van der Waals surface area contributed by atoms with Gasteiger partial charge in [-0.15, -0.1) is 0 Å². The van der Waals surface area contributed by atoms with E-state index >= 15 is 0 Å². The zero-order valence-electron chi connectivity index (χ0n) is 22.6. The highest BCUT2D eigenvalue weighted by Crippen LogP contribution is 2.41. The average molecular weight is 455 g/mol. The van der Waals surface area contributed by atoms with Gasteiger partial charge in [-0.2, -0.15) is 0 Å². The maximum Gasteiger partial charge on any atom is 0.163 e. The van der Waals surface area contributed by atoms with Crippen molar-refractivity contribution in [3.8, 4) is 0 Å². The van der Waals surface area contributed by atoms with Gasteiger partial charge >= 0.3 is 0 Å². The van der Waals surface area contributed by atoms with E-state index in [-0.39, 0.29) is 46.9 Å². The van der Waals surface area contributed by atoms with Crippen LogP contribution < -0.4 is 0 Å². The molecule has 1 aromatic rings. The Kier molecular flexibility index (Phi) is 9.24. The highest BCUT2D eigenvalue weighted by atomic mass is 16.1. The molecular formula is C30H46O3. The summed E-state index contributed by atoms with van der Waals surface area (Å²) in [5.74, 6) is 1.08. The molecule has 0 amide bonds. The quantitative estimate of drug-likeness (QED) is 0.343. The van der Waals surface area contributed by atoms with E-state index in [1.165, 1.54) is 23.6 Å². The fourth-order valence-corrected chi connectivity index (χ4v) is 6.12. The van der Waals surface area contributed by atoms with Gasteiger partial charge in [0.1, 0.15) is 11.6 Å². The van der Waals surface area contributed by atoms with Gasteiger partial charge in [0.05, 0.1) is 6.42 Å². The molecule has 3 heteroatoms. The van der Waals surface area contributed by atoms with Crippen LogP contribution in [0.1, 0.15) is 132 Å². The third kappa shape index (κ3) is 6.43. The van der Waals surface area contributed by atoms with Crippen molar-refractivity contribution in [2.75, 3.05) is 0 Å². The summed E-state index contributed by atoms with van der Waals surface area (Å²) in [7, 11) is 0. The molecule has 1 aliphatic rings. The fourth-order valence-electron chi connectivity index (χ4n) is 6.12. The van der Waals surface area contributed by atoms with Crippen LogP contribution in [0.25, 0.3) is 0 Å². The number of rotatable bonds is 10. The second-order valence-electron chi connectivity index (χ2n) is 11.7. The first-order valence-corrected chi connectivity index (χ1v) is 13.0. The van der Waals surface area contributed by atoms with Crippen molar-refractivity contribution in [1.29, 1.82) is 0 Å². The van der Waals surface area contributed by atoms with Crippen LogP contribution in [0.3, 0.4) is 0 Å². The van der Waals surface area contributed by atoms with Gasteiger partial charge < -0.3 is 0 Å². The summed E-state index contributed by atoms with van der Waals surface area (Å²) in [6.45, 7) is 18.9. The molecule has 3 nitrogen and oxygen atoms in total. The van der Waals surface area contributed by atoms with Crippen LogP contribution in [-0.2, 0) is 21.4 Å². The molecule has 3 unspecified atom stereocenters. The highest BCUT2D eigenvalue weighted by Gasteiger charge is 2.35. The van der Waals surface area contributed by atoms with Crippen molar-refractivity contribution in [2.45, 2.75) is 119 Å². The second kappa shape index (κ2) is 11.1. The van der Waals surface area contributed by atoms with Crippen molar-refractivity contribution in [3.63, 3.8) is 0 Å². The minimum absolute atomic E-state index is 0.00246. The predicted molar refractivity (Wildman–Crippen MR) is 137 cm³/mol. The number of ketones is 3. The van der Waals surface area contributed by atoms with Gasteiger partial charge in [0.25, 0.3) is 0 Å². The third-order valence-corrected chi connectivity index (χ3v) is 7.55. The lowest BCUT2D eigenvalue weighted by molar-refractivity contribution is -0.129. The van der Waals surface area contributed by atoms with E-state index in [9.17, 15) is 14.4 Å². The lowest BCUT2D eigenvalue weighted by Crippen LogP contribution is -2.31. The topological polar surface area (TPSA) is 51.2 Å². The summed E-state index contributed by atoms with van der Waals surface area (Å²) < 4.78 is 0. The highest BCUT2D eigenvalue weighted by molar-refractivity contribution is 6.01. The molecule has 0 spiro atoms. The Bertz CT molecular complexity index is 885. The molecule has 3 atom stereocenters. The van der Waals surface area contributed by atoms with Crippen molar-refractivity contribution >= 4 is 17.3 Å². The molecule has 0 heterocycles. The summed E-state index contributed by atoms with van der Waals surface area (Å²) >= 11 is 0. The zero-order valence-corrected chi connectivity index (χ0v) is 22.6. The number of carbonyl (C=O) groups is 3. The van der Waals surface area contributed by atoms with Crippen LogP contribution in [0.15, 0.2) is 6.07 Å². The van der Waals surface area contributed by atoms with Gasteiger partial charge in [-0.3, -0.25) is 14.4 Å². The lowest BCUT2D eigenvalue weighted by Gasteiger charge is -2.35. The Balaban J connectivity index is 2.42. The van der Waals surface area contributed by atoms with Gasteiger partial charge in [0.15, 0.2) is 5.78 Å². The molecule has 0 aliphatic heterocycles. The summed E-state index contributed by atoms with van der Waals surface area (Å²) in [6, 6.07) is 2.35. The van der Waals surface area contributed by atoms with E-state index in [2.05, 4.69) is 61.5 Å². The van der Waals surface area contributed by atoms with E-state index in [1.807, 2.05) is 0 Å². The maximum absolute atomic E-state index is 13.5. The molecule has 184 valence electrons. The van der Waals surface area contributed by atoms with Crippen LogP contribution in [0, 0.1) is 24.7 Å². The summed E-state index contributed by atoms with van der Waals surface area (Å²) in [5.41, 5.74) is 5.95. The maximum atomic E-state index is 13.5. The summed E-state index contributed by atoms with van der Waals surface area (Å²) in [5, 5.41) is 0. The Morgan fingerprint density at radius 2 is 1.76 bits per heavy atom. The normalized spacial score (nSPS) is 18.2. The van der Waals surface area contributed by atoms with Crippen LogP contribution in [-0.4, -0.2) is 17.3 Å². The SMILES string of the molecule is CCCC(CC1CC(=O)c2c(C)c(C(C)(C)C)cc(C(C)C)c2C1)C(CC)C(=O)CC(C)=O. The van der Waals surface area contributed by atoms with Gasteiger partial charge in [0, 0.05) is 17.9 Å². The number of Topliss-reactive ketones (excluding diaryl/α,β-unsaturated/α-hetero) is 3. The fraction of sp³-hybridized carbons (Fsp3) is 0.700. The van der Waals surface area contributed by atoms with Crippen LogP contribution >= 0.6 is 0 Å². The number of benzene rings is 1. The van der Waals surface area contributed by atoms with Gasteiger partial charge in [-0.05, 0) is 78.5 Å². The smallest absolute Gasteiger partial charge is 0.163 e. The Labute approximate surface area is 202 Å². The minimum atomic E-state index is -0.0834. The second-order valence-corrected chi connectivity index (χ2v) is 11.7. The van der Waals surface area contributed by atoms with Crippen LogP contribution in [0.2, 0.25) is 0 Å². The third-order valence-electron chi connectivity index (χ3n) is 7.55. The standard InChI is InChI=1S/C30H46O3/c1-10-12-22(23(11-2)27(32)13-19(5)31)14-21-15-25-24(18(3)4)17-26(30(7,8)9)20(6)29(25)28(33)16-21/h17-18,21-23H,10-16H2,1-9H3. The van der Waals surface area contributed by atoms with Gasteiger partial charge in [0.2, 0.25) is 0 Å². The first-order valence-electron chi connectivity index (χ1n) is 13.0. The molecule has 0 saturated carbocycles. The van der Waals surface area contributed by atoms with Gasteiger partial charge in [-0.1, -0.05) is 67.4 Å². The Morgan fingerprint density at radius 3 is 2.24 bits per heavy atom. The van der Waals surface area contributed by atoms with Crippen molar-refractivity contribution in [1.82, 2.24) is 0 Å². The van der Waals surface area contributed by atoms with Crippen molar-refractivity contribution < 1.29 is 14.4 Å². The number of carbonyl (C=O) groups excluding carboxylic acids is 3. The van der Waals surface area contributed by atoms with E-state index < -0.39 is 0 Å². The predicted octanol–water partition coefficient (Wildman–Crippen LogP) is 7.54. The molecular weight excluding hydrogens is 408 g/mol. The van der Waals surface area contributed by atoms with Crippen molar-refractivity contribution in [2.24, 2.45) is 17.8 Å². The first kappa shape index (κ1) is 27.5. The van der Waals surface area contributed by atoms with E-state index in [0.717, 1.165) is 43.2 Å². The molecule has 2 rings (SSSR count). The summed E-state index contributed by atoms with van der Waals surface area (Å²) in [4.78, 5) is 37.9. The van der Waals surface area contributed by atoms with Crippen molar-refractivity contribution in [3.05, 3.63) is 33.9 Å². The minimum Gasteiger partial charge on any atom is -0.300 e. The zero-order chi connectivity index (χ0) is 25.1. The average Bonchev–Trinajstić information content (AvgIpc) is 2.66. The molecule has 0 N–H and O–H groups in total.